The number of hydrogen-bond acceptors (Lipinski definition) is 6. The van der Waals surface area contributed by atoms with Crippen LogP contribution in [0.2, 0.25) is 0 Å². The number of ether oxygens (including phenoxy) is 2. The Balaban J connectivity index is 1.73. The molecule has 1 aliphatic carbocycles. The summed E-state index contributed by atoms with van der Waals surface area (Å²) in [5, 5.41) is 9.81. The molecule has 4 rings (SSSR count). The molecule has 1 fully saturated rings. The summed E-state index contributed by atoms with van der Waals surface area (Å²) in [6, 6.07) is 12.4. The van der Waals surface area contributed by atoms with Gasteiger partial charge in [-0.25, -0.2) is 8.42 Å². The fraction of sp³-hybridized carbons (Fsp3) is 0.538. The lowest BCUT2D eigenvalue weighted by Crippen LogP contribution is -2.49. The van der Waals surface area contributed by atoms with Gasteiger partial charge in [-0.15, -0.1) is 0 Å². The number of aliphatic hydroxyl groups excluding tert-OH is 1. The number of aliphatic hydroxyl groups is 1. The van der Waals surface area contributed by atoms with Crippen molar-refractivity contribution in [1.29, 1.82) is 0 Å². The molecule has 7 nitrogen and oxygen atoms in total. The third-order valence-corrected chi connectivity index (χ3v) is 8.87. The molecule has 0 bridgehead atoms. The molecule has 1 N–H and O–H groups in total. The second-order valence-corrected chi connectivity index (χ2v) is 11.7. The fourth-order valence-electron chi connectivity index (χ4n) is 4.53. The number of rotatable bonds is 8. The zero-order valence-corrected chi connectivity index (χ0v) is 21.3. The van der Waals surface area contributed by atoms with Crippen molar-refractivity contribution in [3.8, 4) is 22.6 Å². The number of benzene rings is 2. The quantitative estimate of drug-likeness (QED) is 0.613. The number of nitrogens with zero attached hydrogens (tertiary/aromatic N) is 2. The lowest BCUT2D eigenvalue weighted by Gasteiger charge is -2.37. The average Bonchev–Trinajstić information content (AvgIpc) is 3.64. The molecule has 186 valence electrons. The van der Waals surface area contributed by atoms with Gasteiger partial charge in [0.1, 0.15) is 22.5 Å². The van der Waals surface area contributed by atoms with Crippen LogP contribution in [-0.2, 0) is 10.0 Å². The van der Waals surface area contributed by atoms with Crippen LogP contribution in [0.15, 0.2) is 47.4 Å². The molecule has 0 amide bonds. The first-order valence-corrected chi connectivity index (χ1v) is 13.4. The van der Waals surface area contributed by atoms with Gasteiger partial charge in [-0.3, -0.25) is 0 Å². The third-order valence-electron chi connectivity index (χ3n) is 6.85. The van der Waals surface area contributed by atoms with Crippen molar-refractivity contribution in [1.82, 2.24) is 9.21 Å². The van der Waals surface area contributed by atoms with E-state index in [1.807, 2.05) is 43.3 Å². The highest BCUT2D eigenvalue weighted by Gasteiger charge is 2.38. The summed E-state index contributed by atoms with van der Waals surface area (Å²) in [4.78, 5) is 2.44. The Kier molecular flexibility index (Phi) is 7.52. The van der Waals surface area contributed by atoms with E-state index in [1.165, 1.54) is 17.1 Å². The maximum Gasteiger partial charge on any atom is 0.247 e. The molecule has 2 aromatic carbocycles. The van der Waals surface area contributed by atoms with Gasteiger partial charge >= 0.3 is 0 Å². The van der Waals surface area contributed by atoms with Crippen LogP contribution >= 0.6 is 0 Å². The van der Waals surface area contributed by atoms with Crippen LogP contribution in [0.5, 0.6) is 11.5 Å². The summed E-state index contributed by atoms with van der Waals surface area (Å²) in [5.74, 6) is 1.83. The summed E-state index contributed by atoms with van der Waals surface area (Å²) >= 11 is 0. The molecule has 8 heteroatoms. The molecule has 1 aliphatic heterocycles. The van der Waals surface area contributed by atoms with Gasteiger partial charge in [-0.2, -0.15) is 4.31 Å². The largest absolute Gasteiger partial charge is 0.497 e. The number of methoxy groups -OCH3 is 1. The first-order chi connectivity index (χ1) is 16.2. The minimum absolute atomic E-state index is 0.0526. The van der Waals surface area contributed by atoms with E-state index < -0.39 is 16.1 Å². The molecule has 0 spiro atoms. The van der Waals surface area contributed by atoms with Crippen LogP contribution in [0, 0.1) is 11.8 Å². The molecule has 3 atom stereocenters. The van der Waals surface area contributed by atoms with Gasteiger partial charge in [0, 0.05) is 31.6 Å². The van der Waals surface area contributed by atoms with Crippen molar-refractivity contribution in [3.63, 3.8) is 0 Å². The number of sulfonamides is 1. The zero-order chi connectivity index (χ0) is 24.5. The van der Waals surface area contributed by atoms with Gasteiger partial charge in [0.25, 0.3) is 0 Å². The highest BCUT2D eigenvalue weighted by Crippen LogP contribution is 2.37. The molecule has 0 saturated heterocycles. The van der Waals surface area contributed by atoms with Crippen LogP contribution in [0.3, 0.4) is 0 Å². The number of fused-ring (bicyclic) bond motifs is 1. The minimum Gasteiger partial charge on any atom is -0.497 e. The van der Waals surface area contributed by atoms with Gasteiger partial charge in [0.05, 0.1) is 13.7 Å². The summed E-state index contributed by atoms with van der Waals surface area (Å²) in [7, 11) is -0.114. The van der Waals surface area contributed by atoms with Crippen LogP contribution in [-0.4, -0.2) is 75.3 Å². The molecule has 1 heterocycles. The maximum atomic E-state index is 13.6. The van der Waals surface area contributed by atoms with Crippen LogP contribution in [0.1, 0.15) is 26.7 Å². The predicted octanol–water partition coefficient (Wildman–Crippen LogP) is 3.47. The number of likely N-dealkylation sites (N-methyl/N-ethyl adjacent to an activating group) is 1. The standard InChI is InChI=1S/C26H36N2O5S/c1-18-14-28(19(2)17-29)34(30,31)26-12-9-22(21-7-10-23(32-4)11-8-21)13-24(26)33-25(18)16-27(3)15-20-5-6-20/h7-13,18-20,25,29H,5-6,14-17H2,1-4H3/t18-,19-,25-/m0/s1. The van der Waals surface area contributed by atoms with Gasteiger partial charge < -0.3 is 19.5 Å². The molecule has 2 aliphatic rings. The van der Waals surface area contributed by atoms with E-state index in [0.29, 0.717) is 18.8 Å². The zero-order valence-electron chi connectivity index (χ0n) is 20.5. The third kappa shape index (κ3) is 5.40. The second kappa shape index (κ2) is 10.2. The van der Waals surface area contributed by atoms with Gasteiger partial charge in [0.15, 0.2) is 0 Å². The fourth-order valence-corrected chi connectivity index (χ4v) is 6.36. The Morgan fingerprint density at radius 3 is 2.44 bits per heavy atom. The molecular formula is C26H36N2O5S. The van der Waals surface area contributed by atoms with Gasteiger partial charge in [-0.05, 0) is 68.1 Å². The van der Waals surface area contributed by atoms with E-state index in [1.54, 1.807) is 20.1 Å². The van der Waals surface area contributed by atoms with Crippen LogP contribution in [0.4, 0.5) is 0 Å². The lowest BCUT2D eigenvalue weighted by molar-refractivity contribution is 0.0741. The lowest BCUT2D eigenvalue weighted by atomic mass is 10.0. The highest BCUT2D eigenvalue weighted by molar-refractivity contribution is 7.89. The second-order valence-electron chi connectivity index (χ2n) is 9.79. The Bertz CT molecular complexity index is 1080. The normalized spacial score (nSPS) is 23.5. The van der Waals surface area contributed by atoms with Crippen molar-refractivity contribution in [2.75, 3.05) is 40.4 Å². The van der Waals surface area contributed by atoms with Crippen molar-refractivity contribution in [2.24, 2.45) is 11.8 Å². The van der Waals surface area contributed by atoms with Crippen molar-refractivity contribution < 1.29 is 23.0 Å². The Morgan fingerprint density at radius 2 is 1.82 bits per heavy atom. The van der Waals surface area contributed by atoms with E-state index in [-0.39, 0.29) is 23.5 Å². The summed E-state index contributed by atoms with van der Waals surface area (Å²) in [6.45, 7) is 5.57. The maximum absolute atomic E-state index is 13.6. The van der Waals surface area contributed by atoms with E-state index in [4.69, 9.17) is 9.47 Å². The topological polar surface area (TPSA) is 79.3 Å². The molecule has 0 aromatic heterocycles. The molecule has 0 radical (unpaired) electrons. The van der Waals surface area contributed by atoms with Gasteiger partial charge in [0.2, 0.25) is 10.0 Å². The number of hydrogen-bond donors (Lipinski definition) is 1. The Hall–Kier alpha value is -2.13. The van der Waals surface area contributed by atoms with E-state index in [9.17, 15) is 13.5 Å². The average molecular weight is 489 g/mol. The first kappa shape index (κ1) is 25.0. The predicted molar refractivity (Wildman–Crippen MR) is 133 cm³/mol. The monoisotopic (exact) mass is 488 g/mol. The molecule has 0 unspecified atom stereocenters. The Labute approximate surface area is 203 Å². The minimum atomic E-state index is -3.84. The summed E-state index contributed by atoms with van der Waals surface area (Å²) in [6.07, 6.45) is 2.37. The SMILES string of the molecule is COc1ccc(-c2ccc3c(c2)O[C@@H](CN(C)CC2CC2)[C@@H](C)CN([C@@H](C)CO)S3(=O)=O)cc1. The van der Waals surface area contributed by atoms with Crippen molar-refractivity contribution in [2.45, 2.75) is 43.7 Å². The molecule has 1 saturated carbocycles. The molecule has 34 heavy (non-hydrogen) atoms. The van der Waals surface area contributed by atoms with Crippen LogP contribution in [0.25, 0.3) is 11.1 Å². The first-order valence-electron chi connectivity index (χ1n) is 12.0. The Morgan fingerprint density at radius 1 is 1.15 bits per heavy atom. The van der Waals surface area contributed by atoms with Crippen LogP contribution < -0.4 is 9.47 Å². The van der Waals surface area contributed by atoms with Crippen molar-refractivity contribution in [3.05, 3.63) is 42.5 Å². The highest BCUT2D eigenvalue weighted by atomic mass is 32.2. The molecular weight excluding hydrogens is 452 g/mol. The van der Waals surface area contributed by atoms with E-state index in [0.717, 1.165) is 29.3 Å². The molecule has 2 aromatic rings. The summed E-state index contributed by atoms with van der Waals surface area (Å²) < 4.78 is 40.5. The van der Waals surface area contributed by atoms with Gasteiger partial charge in [-0.1, -0.05) is 25.1 Å². The van der Waals surface area contributed by atoms with Crippen molar-refractivity contribution >= 4 is 10.0 Å². The summed E-state index contributed by atoms with van der Waals surface area (Å²) in [5.41, 5.74) is 1.82. The smallest absolute Gasteiger partial charge is 0.247 e. The van der Waals surface area contributed by atoms with E-state index >= 15 is 0 Å². The van der Waals surface area contributed by atoms with E-state index in [2.05, 4.69) is 11.9 Å².